The first kappa shape index (κ1) is 14.2. The van der Waals surface area contributed by atoms with Crippen molar-refractivity contribution in [3.63, 3.8) is 0 Å². The summed E-state index contributed by atoms with van der Waals surface area (Å²) in [4.78, 5) is 10.7. The molecule has 0 heterocycles. The van der Waals surface area contributed by atoms with Crippen LogP contribution in [0.2, 0.25) is 0 Å². The summed E-state index contributed by atoms with van der Waals surface area (Å²) in [6, 6.07) is 1.90. The minimum absolute atomic E-state index is 0.0360. The molecule has 0 saturated carbocycles. The minimum atomic E-state index is -4.60. The maximum absolute atomic E-state index is 13.4. The largest absolute Gasteiger partial charge is 0.478 e. The average Bonchev–Trinajstić information content (AvgIpc) is 2.26. The molecule has 0 unspecified atom stereocenters. The van der Waals surface area contributed by atoms with Crippen molar-refractivity contribution in [3.05, 3.63) is 40.7 Å². The lowest BCUT2D eigenvalue weighted by Crippen LogP contribution is -2.07. The standard InChI is InChI=1S/C12H10F4O2/c1-6(7(2)11(17)18)9-5-8(12(14,15)16)3-4-10(9)13/h3-5H,1-2H3,(H,17,18)/b7-6+. The first-order valence-corrected chi connectivity index (χ1v) is 4.92. The van der Waals surface area contributed by atoms with Crippen LogP contribution in [0.3, 0.4) is 0 Å². The maximum atomic E-state index is 13.4. The Hall–Kier alpha value is -1.85. The molecule has 0 aromatic heterocycles. The lowest BCUT2D eigenvalue weighted by molar-refractivity contribution is -0.137. The van der Waals surface area contributed by atoms with Crippen molar-refractivity contribution in [2.75, 3.05) is 0 Å². The molecule has 2 nitrogen and oxygen atoms in total. The lowest BCUT2D eigenvalue weighted by Gasteiger charge is -2.11. The second-order valence-electron chi connectivity index (χ2n) is 3.75. The van der Waals surface area contributed by atoms with E-state index in [1.807, 2.05) is 0 Å². The Kier molecular flexibility index (Phi) is 3.79. The predicted octanol–water partition coefficient (Wildman–Crippen LogP) is 3.72. The summed E-state index contributed by atoms with van der Waals surface area (Å²) in [5.74, 6) is -2.19. The Morgan fingerprint density at radius 3 is 2.22 bits per heavy atom. The van der Waals surface area contributed by atoms with Crippen molar-refractivity contribution in [2.24, 2.45) is 0 Å². The molecule has 18 heavy (non-hydrogen) atoms. The predicted molar refractivity (Wildman–Crippen MR) is 57.3 cm³/mol. The summed E-state index contributed by atoms with van der Waals surface area (Å²) in [5, 5.41) is 8.73. The number of benzene rings is 1. The van der Waals surface area contributed by atoms with E-state index in [1.165, 1.54) is 13.8 Å². The van der Waals surface area contributed by atoms with E-state index in [-0.39, 0.29) is 16.7 Å². The first-order valence-electron chi connectivity index (χ1n) is 4.92. The quantitative estimate of drug-likeness (QED) is 0.651. The maximum Gasteiger partial charge on any atom is 0.416 e. The number of hydrogen-bond donors (Lipinski definition) is 1. The molecule has 0 radical (unpaired) electrons. The van der Waals surface area contributed by atoms with Gasteiger partial charge in [-0.3, -0.25) is 0 Å². The third-order valence-corrected chi connectivity index (χ3v) is 2.58. The monoisotopic (exact) mass is 262 g/mol. The van der Waals surface area contributed by atoms with Crippen LogP contribution in [-0.2, 0) is 11.0 Å². The summed E-state index contributed by atoms with van der Waals surface area (Å²) < 4.78 is 50.8. The summed E-state index contributed by atoms with van der Waals surface area (Å²) in [7, 11) is 0. The smallest absolute Gasteiger partial charge is 0.416 e. The van der Waals surface area contributed by atoms with Gasteiger partial charge in [0.15, 0.2) is 0 Å². The Morgan fingerprint density at radius 2 is 1.78 bits per heavy atom. The Bertz CT molecular complexity index is 515. The summed E-state index contributed by atoms with van der Waals surface area (Å²) in [6.45, 7) is 2.47. The SMILES string of the molecule is C/C(C(=O)O)=C(/C)c1cc(C(F)(F)F)ccc1F. The van der Waals surface area contributed by atoms with Gasteiger partial charge in [0.2, 0.25) is 0 Å². The van der Waals surface area contributed by atoms with E-state index < -0.39 is 23.5 Å². The summed E-state index contributed by atoms with van der Waals surface area (Å²) in [5.41, 5.74) is -1.61. The molecule has 1 aromatic carbocycles. The van der Waals surface area contributed by atoms with Gasteiger partial charge in [-0.1, -0.05) is 0 Å². The molecule has 0 aliphatic carbocycles. The van der Waals surface area contributed by atoms with Crippen LogP contribution >= 0.6 is 0 Å². The van der Waals surface area contributed by atoms with Gasteiger partial charge in [0.1, 0.15) is 5.82 Å². The van der Waals surface area contributed by atoms with Gasteiger partial charge in [0.05, 0.1) is 5.56 Å². The molecule has 0 amide bonds. The zero-order chi connectivity index (χ0) is 14.1. The van der Waals surface area contributed by atoms with Crippen molar-refractivity contribution < 1.29 is 27.5 Å². The van der Waals surface area contributed by atoms with E-state index in [9.17, 15) is 22.4 Å². The summed E-state index contributed by atoms with van der Waals surface area (Å²) >= 11 is 0. The van der Waals surface area contributed by atoms with Crippen LogP contribution in [0.4, 0.5) is 17.6 Å². The Labute approximate surface area is 101 Å². The van der Waals surface area contributed by atoms with Gasteiger partial charge >= 0.3 is 12.1 Å². The number of alkyl halides is 3. The zero-order valence-corrected chi connectivity index (χ0v) is 9.60. The molecule has 0 saturated heterocycles. The van der Waals surface area contributed by atoms with Crippen molar-refractivity contribution in [1.29, 1.82) is 0 Å². The van der Waals surface area contributed by atoms with Crippen molar-refractivity contribution in [3.8, 4) is 0 Å². The highest BCUT2D eigenvalue weighted by Crippen LogP contribution is 2.32. The van der Waals surface area contributed by atoms with Crippen LogP contribution < -0.4 is 0 Å². The molecule has 0 aliphatic heterocycles. The van der Waals surface area contributed by atoms with Crippen LogP contribution in [0.1, 0.15) is 25.0 Å². The molecule has 0 aliphatic rings. The normalized spacial score (nSPS) is 13.2. The van der Waals surface area contributed by atoms with Gasteiger partial charge in [0.25, 0.3) is 0 Å². The molecule has 0 fully saturated rings. The molecular weight excluding hydrogens is 252 g/mol. The second-order valence-corrected chi connectivity index (χ2v) is 3.75. The molecule has 0 bridgehead atoms. The zero-order valence-electron chi connectivity index (χ0n) is 9.60. The van der Waals surface area contributed by atoms with Gasteiger partial charge in [0, 0.05) is 11.1 Å². The fourth-order valence-electron chi connectivity index (χ4n) is 1.35. The number of hydrogen-bond acceptors (Lipinski definition) is 1. The second kappa shape index (κ2) is 4.80. The molecule has 0 spiro atoms. The van der Waals surface area contributed by atoms with Crippen LogP contribution in [0.25, 0.3) is 5.57 Å². The van der Waals surface area contributed by atoms with E-state index in [0.717, 1.165) is 0 Å². The molecule has 1 rings (SSSR count). The molecular formula is C12H10F4O2. The van der Waals surface area contributed by atoms with Gasteiger partial charge in [-0.15, -0.1) is 0 Å². The fraction of sp³-hybridized carbons (Fsp3) is 0.250. The highest BCUT2D eigenvalue weighted by Gasteiger charge is 2.31. The number of halogens is 4. The number of carboxylic acids is 1. The van der Waals surface area contributed by atoms with Gasteiger partial charge in [-0.2, -0.15) is 13.2 Å². The van der Waals surface area contributed by atoms with Gasteiger partial charge < -0.3 is 5.11 Å². The third kappa shape index (κ3) is 2.88. The number of allylic oxidation sites excluding steroid dienone is 1. The van der Waals surface area contributed by atoms with E-state index >= 15 is 0 Å². The molecule has 0 atom stereocenters. The average molecular weight is 262 g/mol. The van der Waals surface area contributed by atoms with Crippen LogP contribution in [0.15, 0.2) is 23.8 Å². The minimum Gasteiger partial charge on any atom is -0.478 e. The number of carboxylic acid groups (broad SMARTS) is 1. The Morgan fingerprint density at radius 1 is 1.22 bits per heavy atom. The lowest BCUT2D eigenvalue weighted by atomic mass is 9.99. The van der Waals surface area contributed by atoms with Crippen molar-refractivity contribution in [2.45, 2.75) is 20.0 Å². The van der Waals surface area contributed by atoms with Crippen molar-refractivity contribution >= 4 is 11.5 Å². The van der Waals surface area contributed by atoms with Crippen LogP contribution in [0.5, 0.6) is 0 Å². The number of carbonyl (C=O) groups is 1. The fourth-order valence-corrected chi connectivity index (χ4v) is 1.35. The highest BCUT2D eigenvalue weighted by molar-refractivity contribution is 5.95. The summed E-state index contributed by atoms with van der Waals surface area (Å²) in [6.07, 6.45) is -4.60. The molecule has 1 N–H and O–H groups in total. The molecule has 98 valence electrons. The highest BCUT2D eigenvalue weighted by atomic mass is 19.4. The van der Waals surface area contributed by atoms with E-state index in [2.05, 4.69) is 0 Å². The molecule has 1 aromatic rings. The topological polar surface area (TPSA) is 37.3 Å². The van der Waals surface area contributed by atoms with Gasteiger partial charge in [-0.25, -0.2) is 9.18 Å². The van der Waals surface area contributed by atoms with E-state index in [0.29, 0.717) is 18.2 Å². The van der Waals surface area contributed by atoms with E-state index in [1.54, 1.807) is 0 Å². The number of rotatable bonds is 2. The van der Waals surface area contributed by atoms with Gasteiger partial charge in [-0.05, 0) is 37.6 Å². The first-order chi connectivity index (χ1) is 8.14. The number of aliphatic carboxylic acids is 1. The Balaban J connectivity index is 3.42. The molecule has 6 heteroatoms. The van der Waals surface area contributed by atoms with Crippen LogP contribution in [0, 0.1) is 5.82 Å². The third-order valence-electron chi connectivity index (χ3n) is 2.58. The van der Waals surface area contributed by atoms with E-state index in [4.69, 9.17) is 5.11 Å². The van der Waals surface area contributed by atoms with Crippen LogP contribution in [-0.4, -0.2) is 11.1 Å². The van der Waals surface area contributed by atoms with Crippen molar-refractivity contribution in [1.82, 2.24) is 0 Å².